The summed E-state index contributed by atoms with van der Waals surface area (Å²) < 4.78 is 53.5. The van der Waals surface area contributed by atoms with Gasteiger partial charge in [-0.15, -0.1) is 11.3 Å². The number of nitrogen functional groups attached to an aromatic ring is 1. The monoisotopic (exact) mass is 318 g/mol. The highest BCUT2D eigenvalue weighted by atomic mass is 32.2. The van der Waals surface area contributed by atoms with Gasteiger partial charge in [0, 0.05) is 22.7 Å². The molecule has 0 aliphatic heterocycles. The lowest BCUT2D eigenvalue weighted by molar-refractivity contribution is 0.515. The molecule has 1 aromatic heterocycles. The largest absolute Gasteiger partial charge is 0.398 e. The second-order valence-electron chi connectivity index (χ2n) is 4.18. The summed E-state index contributed by atoms with van der Waals surface area (Å²) in [6, 6.07) is 3.62. The van der Waals surface area contributed by atoms with Gasteiger partial charge in [0.05, 0.1) is 0 Å². The minimum atomic E-state index is -3.87. The topological polar surface area (TPSA) is 72.2 Å². The molecule has 4 nitrogen and oxygen atoms in total. The molecule has 0 aliphatic carbocycles. The second kappa shape index (κ2) is 5.47. The predicted octanol–water partition coefficient (Wildman–Crippen LogP) is 2.65. The Labute approximate surface area is 119 Å². The highest BCUT2D eigenvalue weighted by Crippen LogP contribution is 2.25. The molecule has 0 bridgehead atoms. The third-order valence-electron chi connectivity index (χ3n) is 2.63. The average molecular weight is 318 g/mol. The van der Waals surface area contributed by atoms with E-state index in [0.717, 1.165) is 23.5 Å². The number of nitrogens with one attached hydrogen (secondary N) is 1. The molecule has 0 saturated heterocycles. The van der Waals surface area contributed by atoms with Gasteiger partial charge in [0.2, 0.25) is 0 Å². The van der Waals surface area contributed by atoms with Crippen LogP contribution < -0.4 is 10.5 Å². The van der Waals surface area contributed by atoms with Crippen molar-refractivity contribution in [1.29, 1.82) is 0 Å². The Morgan fingerprint density at radius 2 is 1.90 bits per heavy atom. The summed E-state index contributed by atoms with van der Waals surface area (Å²) in [5.74, 6) is -1.60. The van der Waals surface area contributed by atoms with Gasteiger partial charge in [-0.3, -0.25) is 0 Å². The molecule has 1 aromatic carbocycles. The third-order valence-corrected chi connectivity index (χ3v) is 5.62. The zero-order valence-corrected chi connectivity index (χ0v) is 12.1. The SMILES string of the molecule is CC(NS(=O)(=O)c1cc(N)cs1)c1c(F)cccc1F. The fourth-order valence-electron chi connectivity index (χ4n) is 1.75. The van der Waals surface area contributed by atoms with Crippen molar-refractivity contribution in [2.75, 3.05) is 5.73 Å². The van der Waals surface area contributed by atoms with Gasteiger partial charge in [-0.2, -0.15) is 0 Å². The number of thiophene rings is 1. The average Bonchev–Trinajstić information content (AvgIpc) is 2.75. The molecule has 0 amide bonds. The minimum Gasteiger partial charge on any atom is -0.398 e. The first-order chi connectivity index (χ1) is 9.31. The predicted molar refractivity (Wildman–Crippen MR) is 73.8 cm³/mol. The molecule has 1 atom stereocenters. The number of rotatable bonds is 4. The van der Waals surface area contributed by atoms with E-state index >= 15 is 0 Å². The van der Waals surface area contributed by atoms with Gasteiger partial charge in [0.15, 0.2) is 0 Å². The van der Waals surface area contributed by atoms with E-state index in [1.54, 1.807) is 0 Å². The van der Waals surface area contributed by atoms with Crippen molar-refractivity contribution in [3.63, 3.8) is 0 Å². The Balaban J connectivity index is 2.30. The van der Waals surface area contributed by atoms with E-state index in [4.69, 9.17) is 5.73 Å². The summed E-state index contributed by atoms with van der Waals surface area (Å²) in [5, 5.41) is 1.48. The van der Waals surface area contributed by atoms with E-state index in [0.29, 0.717) is 5.69 Å². The van der Waals surface area contributed by atoms with Gasteiger partial charge in [0.1, 0.15) is 15.8 Å². The van der Waals surface area contributed by atoms with Crippen LogP contribution in [0.5, 0.6) is 0 Å². The quantitative estimate of drug-likeness (QED) is 0.910. The Kier molecular flexibility index (Phi) is 4.07. The van der Waals surface area contributed by atoms with Crippen molar-refractivity contribution in [3.05, 3.63) is 46.8 Å². The Hall–Kier alpha value is -1.51. The van der Waals surface area contributed by atoms with Crippen LogP contribution in [-0.4, -0.2) is 8.42 Å². The molecule has 0 fully saturated rings. The summed E-state index contributed by atoms with van der Waals surface area (Å²) in [5.41, 5.74) is 5.46. The van der Waals surface area contributed by atoms with Gasteiger partial charge in [-0.05, 0) is 25.1 Å². The molecule has 0 aliphatic rings. The summed E-state index contributed by atoms with van der Waals surface area (Å²) in [6.07, 6.45) is 0. The lowest BCUT2D eigenvalue weighted by Crippen LogP contribution is -2.27. The van der Waals surface area contributed by atoms with Crippen molar-refractivity contribution >= 4 is 27.0 Å². The highest BCUT2D eigenvalue weighted by Gasteiger charge is 2.23. The molecule has 108 valence electrons. The van der Waals surface area contributed by atoms with E-state index in [1.807, 2.05) is 0 Å². The van der Waals surface area contributed by atoms with Crippen LogP contribution in [0.4, 0.5) is 14.5 Å². The highest BCUT2D eigenvalue weighted by molar-refractivity contribution is 7.91. The van der Waals surface area contributed by atoms with E-state index in [1.165, 1.54) is 24.4 Å². The zero-order valence-electron chi connectivity index (χ0n) is 10.4. The first kappa shape index (κ1) is 14.9. The molecule has 3 N–H and O–H groups in total. The first-order valence-electron chi connectivity index (χ1n) is 5.61. The molecule has 0 spiro atoms. The van der Waals surface area contributed by atoms with Crippen molar-refractivity contribution < 1.29 is 17.2 Å². The van der Waals surface area contributed by atoms with Crippen LogP contribution in [0.25, 0.3) is 0 Å². The second-order valence-corrected chi connectivity index (χ2v) is 7.03. The lowest BCUT2D eigenvalue weighted by atomic mass is 10.1. The molecule has 1 unspecified atom stereocenters. The summed E-state index contributed by atoms with van der Waals surface area (Å²) >= 11 is 0.939. The van der Waals surface area contributed by atoms with Crippen molar-refractivity contribution in [1.82, 2.24) is 4.72 Å². The van der Waals surface area contributed by atoms with Gasteiger partial charge in [-0.1, -0.05) is 6.07 Å². The van der Waals surface area contributed by atoms with Crippen LogP contribution >= 0.6 is 11.3 Å². The van der Waals surface area contributed by atoms with Gasteiger partial charge in [-0.25, -0.2) is 21.9 Å². The van der Waals surface area contributed by atoms with E-state index in [2.05, 4.69) is 4.72 Å². The smallest absolute Gasteiger partial charge is 0.250 e. The molecule has 0 saturated carbocycles. The Morgan fingerprint density at radius 1 is 1.30 bits per heavy atom. The fraction of sp³-hybridized carbons (Fsp3) is 0.167. The number of anilines is 1. The maximum Gasteiger partial charge on any atom is 0.250 e. The molecule has 2 aromatic rings. The van der Waals surface area contributed by atoms with Crippen LogP contribution in [0, 0.1) is 11.6 Å². The van der Waals surface area contributed by atoms with Crippen LogP contribution in [0.15, 0.2) is 33.9 Å². The number of nitrogens with two attached hydrogens (primary N) is 1. The molecule has 20 heavy (non-hydrogen) atoms. The lowest BCUT2D eigenvalue weighted by Gasteiger charge is -2.15. The summed E-state index contributed by atoms with van der Waals surface area (Å²) in [4.78, 5) is 0. The molecule has 8 heteroatoms. The van der Waals surface area contributed by atoms with Crippen molar-refractivity contribution in [2.45, 2.75) is 17.2 Å². The van der Waals surface area contributed by atoms with Crippen LogP contribution in [0.3, 0.4) is 0 Å². The van der Waals surface area contributed by atoms with Crippen molar-refractivity contribution in [2.24, 2.45) is 0 Å². The fourth-order valence-corrected chi connectivity index (χ4v) is 4.06. The van der Waals surface area contributed by atoms with Gasteiger partial charge in [0.25, 0.3) is 10.0 Å². The van der Waals surface area contributed by atoms with Crippen LogP contribution in [-0.2, 0) is 10.0 Å². The molecular formula is C12H12F2N2O2S2. The van der Waals surface area contributed by atoms with Crippen molar-refractivity contribution in [3.8, 4) is 0 Å². The molecular weight excluding hydrogens is 306 g/mol. The zero-order chi connectivity index (χ0) is 14.9. The maximum atomic E-state index is 13.6. The Bertz CT molecular complexity index is 709. The summed E-state index contributed by atoms with van der Waals surface area (Å²) in [7, 11) is -3.87. The number of halogens is 2. The standard InChI is InChI=1S/C12H12F2N2O2S2/c1-7(12-9(13)3-2-4-10(12)14)16-20(17,18)11-5-8(15)6-19-11/h2-7,16H,15H2,1H3. The Morgan fingerprint density at radius 3 is 2.40 bits per heavy atom. The van der Waals surface area contributed by atoms with E-state index in [9.17, 15) is 17.2 Å². The normalized spacial score (nSPS) is 13.3. The third kappa shape index (κ3) is 2.97. The van der Waals surface area contributed by atoms with E-state index in [-0.39, 0.29) is 9.77 Å². The van der Waals surface area contributed by atoms with Gasteiger partial charge < -0.3 is 5.73 Å². The number of hydrogen-bond donors (Lipinski definition) is 2. The number of hydrogen-bond acceptors (Lipinski definition) is 4. The molecule has 0 radical (unpaired) electrons. The number of benzene rings is 1. The van der Waals surface area contributed by atoms with Crippen LogP contribution in [0.2, 0.25) is 0 Å². The maximum absolute atomic E-state index is 13.6. The van der Waals surface area contributed by atoms with E-state index < -0.39 is 27.7 Å². The first-order valence-corrected chi connectivity index (χ1v) is 7.98. The molecule has 1 heterocycles. The summed E-state index contributed by atoms with van der Waals surface area (Å²) in [6.45, 7) is 1.37. The van der Waals surface area contributed by atoms with Crippen LogP contribution in [0.1, 0.15) is 18.5 Å². The minimum absolute atomic E-state index is 0.00130. The molecule has 2 rings (SSSR count). The number of sulfonamides is 1. The van der Waals surface area contributed by atoms with Gasteiger partial charge >= 0.3 is 0 Å².